The van der Waals surface area contributed by atoms with E-state index in [2.05, 4.69) is 4.72 Å². The van der Waals surface area contributed by atoms with E-state index in [0.717, 1.165) is 0 Å². The molecule has 2 atom stereocenters. The van der Waals surface area contributed by atoms with Gasteiger partial charge in [-0.05, 0) is 26.9 Å². The second-order valence-electron chi connectivity index (χ2n) is 4.82. The van der Waals surface area contributed by atoms with Crippen molar-refractivity contribution >= 4 is 27.2 Å². The Morgan fingerprint density at radius 3 is 2.12 bits per heavy atom. The van der Waals surface area contributed by atoms with E-state index >= 15 is 0 Å². The van der Waals surface area contributed by atoms with Crippen molar-refractivity contribution < 1.29 is 8.42 Å². The first-order chi connectivity index (χ1) is 7.58. The number of likely N-dealkylation sites (N-methyl/N-ethyl adjacent to an activating group) is 1. The van der Waals surface area contributed by atoms with Crippen molar-refractivity contribution in [1.29, 1.82) is 0 Å². The van der Waals surface area contributed by atoms with Gasteiger partial charge >= 0.3 is 0 Å². The molecule has 102 valence electrons. The van der Waals surface area contributed by atoms with Gasteiger partial charge in [-0.2, -0.15) is 0 Å². The molecule has 7 heteroatoms. The molecule has 0 radical (unpaired) electrons. The first-order valence-electron chi connectivity index (χ1n) is 5.53. The highest BCUT2D eigenvalue weighted by Crippen LogP contribution is 2.07. The van der Waals surface area contributed by atoms with Gasteiger partial charge in [-0.3, -0.25) is 0 Å². The third-order valence-electron chi connectivity index (χ3n) is 2.55. The maximum Gasteiger partial charge on any atom is 0.221 e. The Bertz CT molecular complexity index is 353. The van der Waals surface area contributed by atoms with Gasteiger partial charge in [-0.25, -0.2) is 13.1 Å². The van der Waals surface area contributed by atoms with Crippen LogP contribution < -0.4 is 10.5 Å². The Labute approximate surface area is 110 Å². The Hall–Kier alpha value is -0.240. The Morgan fingerprint density at radius 2 is 1.82 bits per heavy atom. The molecule has 0 aromatic carbocycles. The third kappa shape index (κ3) is 5.76. The highest BCUT2D eigenvalue weighted by Gasteiger charge is 2.27. The van der Waals surface area contributed by atoms with Crippen molar-refractivity contribution in [2.75, 3.05) is 20.6 Å². The van der Waals surface area contributed by atoms with Crippen LogP contribution in [0.5, 0.6) is 0 Å². The molecule has 0 aliphatic rings. The number of sulfonamides is 1. The van der Waals surface area contributed by atoms with Crippen molar-refractivity contribution in [3.05, 3.63) is 0 Å². The van der Waals surface area contributed by atoms with Crippen molar-refractivity contribution in [3.8, 4) is 0 Å². The number of thiocarbonyl (C=S) groups is 1. The van der Waals surface area contributed by atoms with Gasteiger partial charge in [-0.15, -0.1) is 0 Å². The van der Waals surface area contributed by atoms with Crippen molar-refractivity contribution in [3.63, 3.8) is 0 Å². The summed E-state index contributed by atoms with van der Waals surface area (Å²) in [6.45, 7) is 6.09. The van der Waals surface area contributed by atoms with Crippen LogP contribution in [0.4, 0.5) is 0 Å². The lowest BCUT2D eigenvalue weighted by molar-refractivity contribution is 0.314. The molecule has 0 heterocycles. The van der Waals surface area contributed by atoms with Crippen LogP contribution in [0.15, 0.2) is 0 Å². The zero-order valence-electron chi connectivity index (χ0n) is 11.1. The van der Waals surface area contributed by atoms with E-state index in [0.29, 0.717) is 6.54 Å². The van der Waals surface area contributed by atoms with Crippen LogP contribution in [0, 0.1) is 5.92 Å². The van der Waals surface area contributed by atoms with Crippen LogP contribution in [0.2, 0.25) is 0 Å². The van der Waals surface area contributed by atoms with Gasteiger partial charge < -0.3 is 10.6 Å². The Kier molecular flexibility index (Phi) is 6.53. The van der Waals surface area contributed by atoms with E-state index < -0.39 is 15.3 Å². The Balaban J connectivity index is 4.81. The van der Waals surface area contributed by atoms with Gasteiger partial charge in [0.25, 0.3) is 0 Å². The van der Waals surface area contributed by atoms with Gasteiger partial charge in [0.1, 0.15) is 5.25 Å². The van der Waals surface area contributed by atoms with E-state index in [-0.39, 0.29) is 16.9 Å². The average molecular weight is 281 g/mol. The van der Waals surface area contributed by atoms with E-state index in [9.17, 15) is 8.42 Å². The first kappa shape index (κ1) is 16.8. The normalized spacial score (nSPS) is 16.2. The zero-order chi connectivity index (χ0) is 13.8. The molecule has 0 aliphatic heterocycles. The summed E-state index contributed by atoms with van der Waals surface area (Å²) >= 11 is 4.72. The second kappa shape index (κ2) is 6.63. The molecule has 0 aliphatic carbocycles. The maximum atomic E-state index is 12.0. The highest BCUT2D eigenvalue weighted by atomic mass is 32.2. The van der Waals surface area contributed by atoms with Crippen molar-refractivity contribution in [2.24, 2.45) is 11.7 Å². The van der Waals surface area contributed by atoms with E-state index in [1.807, 2.05) is 32.8 Å². The summed E-state index contributed by atoms with van der Waals surface area (Å²) in [7, 11) is 0.315. The molecule has 17 heavy (non-hydrogen) atoms. The second-order valence-corrected chi connectivity index (χ2v) is 7.32. The average Bonchev–Trinajstić information content (AvgIpc) is 2.14. The molecule has 0 aromatic heterocycles. The molecule has 0 rings (SSSR count). The summed E-state index contributed by atoms with van der Waals surface area (Å²) in [5, 5.41) is -0.846. The molecule has 3 N–H and O–H groups in total. The van der Waals surface area contributed by atoms with Crippen LogP contribution >= 0.6 is 12.2 Å². The molecule has 5 nitrogen and oxygen atoms in total. The summed E-state index contributed by atoms with van der Waals surface area (Å²) in [6.07, 6.45) is 0. The summed E-state index contributed by atoms with van der Waals surface area (Å²) in [5.74, 6) is 0.200. The fourth-order valence-corrected chi connectivity index (χ4v) is 2.90. The predicted molar refractivity (Wildman–Crippen MR) is 75.5 cm³/mol. The topological polar surface area (TPSA) is 75.4 Å². The predicted octanol–water partition coefficient (Wildman–Crippen LogP) is 0.167. The zero-order valence-corrected chi connectivity index (χ0v) is 12.7. The SMILES string of the molecule is CC(C)C(CN(C)C)NS(=O)(=O)C(C)C(N)=S. The number of nitrogens with one attached hydrogen (secondary N) is 1. The molecule has 0 bridgehead atoms. The van der Waals surface area contributed by atoms with Crippen LogP contribution in [0.25, 0.3) is 0 Å². The lowest BCUT2D eigenvalue weighted by atomic mass is 10.1. The lowest BCUT2D eigenvalue weighted by Gasteiger charge is -2.26. The summed E-state index contributed by atoms with van der Waals surface area (Å²) in [5.41, 5.74) is 5.38. The molecule has 2 unspecified atom stereocenters. The molecule has 0 aromatic rings. The molecular weight excluding hydrogens is 258 g/mol. The summed E-state index contributed by atoms with van der Waals surface area (Å²) in [4.78, 5) is 1.93. The van der Waals surface area contributed by atoms with Crippen LogP contribution in [0.1, 0.15) is 20.8 Å². The largest absolute Gasteiger partial charge is 0.392 e. The minimum atomic E-state index is -3.49. The summed E-state index contributed by atoms with van der Waals surface area (Å²) < 4.78 is 26.6. The molecule has 0 amide bonds. The number of nitrogens with zero attached hydrogens (tertiary/aromatic N) is 1. The van der Waals surface area contributed by atoms with E-state index in [4.69, 9.17) is 18.0 Å². The maximum absolute atomic E-state index is 12.0. The smallest absolute Gasteiger partial charge is 0.221 e. The first-order valence-corrected chi connectivity index (χ1v) is 7.48. The van der Waals surface area contributed by atoms with E-state index in [1.54, 1.807) is 0 Å². The minimum Gasteiger partial charge on any atom is -0.392 e. The van der Waals surface area contributed by atoms with Crippen molar-refractivity contribution in [2.45, 2.75) is 32.1 Å². The van der Waals surface area contributed by atoms with Gasteiger partial charge in [0, 0.05) is 12.6 Å². The van der Waals surface area contributed by atoms with Gasteiger partial charge in [-0.1, -0.05) is 26.1 Å². The molecule has 0 saturated carbocycles. The Morgan fingerprint density at radius 1 is 1.35 bits per heavy atom. The molecule has 0 saturated heterocycles. The van der Waals surface area contributed by atoms with Crippen LogP contribution in [-0.4, -0.2) is 50.2 Å². The highest BCUT2D eigenvalue weighted by molar-refractivity contribution is 7.93. The number of hydrogen-bond donors (Lipinski definition) is 2. The number of nitrogens with two attached hydrogens (primary N) is 1. The number of hydrogen-bond acceptors (Lipinski definition) is 4. The fraction of sp³-hybridized carbons (Fsp3) is 0.900. The quantitative estimate of drug-likeness (QED) is 0.651. The van der Waals surface area contributed by atoms with Gasteiger partial charge in [0.15, 0.2) is 0 Å². The molecule has 0 spiro atoms. The number of rotatable bonds is 7. The van der Waals surface area contributed by atoms with Gasteiger partial charge in [0.2, 0.25) is 10.0 Å². The summed E-state index contributed by atoms with van der Waals surface area (Å²) in [6, 6.07) is -0.146. The fourth-order valence-electron chi connectivity index (χ4n) is 1.24. The monoisotopic (exact) mass is 281 g/mol. The standard InChI is InChI=1S/C10H23N3O2S2/c1-7(2)9(6-13(4)5)12-17(14,15)8(3)10(11)16/h7-9,12H,6H2,1-5H3,(H2,11,16). The lowest BCUT2D eigenvalue weighted by Crippen LogP contribution is -2.49. The minimum absolute atomic E-state index is 0.00939. The molecular formula is C10H23N3O2S2. The van der Waals surface area contributed by atoms with Crippen molar-refractivity contribution in [1.82, 2.24) is 9.62 Å². The van der Waals surface area contributed by atoms with Crippen LogP contribution in [0.3, 0.4) is 0 Å². The molecule has 0 fully saturated rings. The van der Waals surface area contributed by atoms with Gasteiger partial charge in [0.05, 0.1) is 4.99 Å². The van der Waals surface area contributed by atoms with E-state index in [1.165, 1.54) is 6.92 Å². The van der Waals surface area contributed by atoms with Crippen LogP contribution in [-0.2, 0) is 10.0 Å². The third-order valence-corrected chi connectivity index (χ3v) is 4.87.